The van der Waals surface area contributed by atoms with E-state index in [1.165, 1.54) is 6.07 Å². The van der Waals surface area contributed by atoms with E-state index in [9.17, 15) is 4.79 Å². The number of nitrogens with zero attached hydrogens (tertiary/aromatic N) is 4. The van der Waals surface area contributed by atoms with Crippen molar-refractivity contribution in [3.63, 3.8) is 0 Å². The number of aryl methyl sites for hydroxylation is 2. The van der Waals surface area contributed by atoms with Gasteiger partial charge in [0.2, 0.25) is 0 Å². The summed E-state index contributed by atoms with van der Waals surface area (Å²) in [5.74, 6) is -0.546. The predicted octanol–water partition coefficient (Wildman–Crippen LogP) is 1.08. The van der Waals surface area contributed by atoms with Gasteiger partial charge in [0, 0.05) is 25.4 Å². The Kier molecular flexibility index (Phi) is 3.74. The highest BCUT2D eigenvalue weighted by molar-refractivity contribution is 5.85. The van der Waals surface area contributed by atoms with Crippen molar-refractivity contribution in [2.45, 2.75) is 19.9 Å². The summed E-state index contributed by atoms with van der Waals surface area (Å²) in [7, 11) is 1.88. The summed E-state index contributed by atoms with van der Waals surface area (Å²) in [6, 6.07) is 3.01. The standard InChI is InChI=1S/C12H15N5O2/c1-3-9-8(7-17(2)16-9)6-13-11-5-4-10(12(18)19)14-15-11/h4-5,7H,3,6H2,1-2H3,(H,13,15)(H,18,19). The molecule has 19 heavy (non-hydrogen) atoms. The lowest BCUT2D eigenvalue weighted by atomic mass is 10.2. The van der Waals surface area contributed by atoms with Crippen LogP contribution in [0.1, 0.15) is 28.7 Å². The first-order valence-corrected chi connectivity index (χ1v) is 5.92. The number of anilines is 1. The van der Waals surface area contributed by atoms with Crippen molar-refractivity contribution < 1.29 is 9.90 Å². The van der Waals surface area contributed by atoms with E-state index in [1.807, 2.05) is 20.2 Å². The zero-order valence-electron chi connectivity index (χ0n) is 10.8. The van der Waals surface area contributed by atoms with E-state index in [-0.39, 0.29) is 5.69 Å². The molecule has 0 radical (unpaired) electrons. The van der Waals surface area contributed by atoms with Crippen LogP contribution in [-0.2, 0) is 20.0 Å². The Morgan fingerprint density at radius 1 is 1.42 bits per heavy atom. The lowest BCUT2D eigenvalue weighted by Crippen LogP contribution is -2.06. The quantitative estimate of drug-likeness (QED) is 0.836. The molecule has 0 aliphatic rings. The van der Waals surface area contributed by atoms with Gasteiger partial charge in [0.1, 0.15) is 5.82 Å². The van der Waals surface area contributed by atoms with Crippen molar-refractivity contribution in [1.82, 2.24) is 20.0 Å². The maximum absolute atomic E-state index is 10.6. The van der Waals surface area contributed by atoms with Crippen LogP contribution in [-0.4, -0.2) is 31.1 Å². The number of hydrogen-bond acceptors (Lipinski definition) is 5. The topological polar surface area (TPSA) is 92.9 Å². The largest absolute Gasteiger partial charge is 0.476 e. The summed E-state index contributed by atoms with van der Waals surface area (Å²) in [5, 5.41) is 23.6. The van der Waals surface area contributed by atoms with Crippen molar-refractivity contribution in [1.29, 1.82) is 0 Å². The van der Waals surface area contributed by atoms with Crippen molar-refractivity contribution in [2.75, 3.05) is 5.32 Å². The van der Waals surface area contributed by atoms with Gasteiger partial charge in [0.15, 0.2) is 5.69 Å². The van der Waals surface area contributed by atoms with Crippen LogP contribution in [0.5, 0.6) is 0 Å². The van der Waals surface area contributed by atoms with Crippen LogP contribution in [0.4, 0.5) is 5.82 Å². The van der Waals surface area contributed by atoms with E-state index in [2.05, 4.69) is 20.6 Å². The molecule has 0 atom stereocenters. The fraction of sp³-hybridized carbons (Fsp3) is 0.333. The van der Waals surface area contributed by atoms with Crippen LogP contribution in [0.3, 0.4) is 0 Å². The number of carboxylic acids is 1. The Labute approximate surface area is 110 Å². The van der Waals surface area contributed by atoms with Gasteiger partial charge in [-0.1, -0.05) is 6.92 Å². The SMILES string of the molecule is CCc1nn(C)cc1CNc1ccc(C(=O)O)nn1. The molecule has 2 heterocycles. The summed E-state index contributed by atoms with van der Waals surface area (Å²) >= 11 is 0. The van der Waals surface area contributed by atoms with Crippen molar-refractivity contribution in [3.05, 3.63) is 35.3 Å². The van der Waals surface area contributed by atoms with Gasteiger partial charge in [0.05, 0.1) is 5.69 Å². The highest BCUT2D eigenvalue weighted by atomic mass is 16.4. The Balaban J connectivity index is 2.03. The van der Waals surface area contributed by atoms with Gasteiger partial charge in [-0.3, -0.25) is 4.68 Å². The maximum Gasteiger partial charge on any atom is 0.356 e. The number of aromatic nitrogens is 4. The molecule has 7 heteroatoms. The minimum Gasteiger partial charge on any atom is -0.476 e. The fourth-order valence-corrected chi connectivity index (χ4v) is 1.76. The van der Waals surface area contributed by atoms with Gasteiger partial charge in [0.25, 0.3) is 0 Å². The minimum absolute atomic E-state index is 0.0684. The first-order valence-electron chi connectivity index (χ1n) is 5.92. The summed E-state index contributed by atoms with van der Waals surface area (Å²) in [6.45, 7) is 2.63. The number of hydrogen-bond donors (Lipinski definition) is 2. The van der Waals surface area contributed by atoms with Gasteiger partial charge < -0.3 is 10.4 Å². The number of nitrogens with one attached hydrogen (secondary N) is 1. The van der Waals surface area contributed by atoms with Gasteiger partial charge in [-0.15, -0.1) is 10.2 Å². The van der Waals surface area contributed by atoms with E-state index < -0.39 is 5.97 Å². The van der Waals surface area contributed by atoms with Crippen molar-refractivity contribution in [2.24, 2.45) is 7.05 Å². The van der Waals surface area contributed by atoms with Crippen LogP contribution >= 0.6 is 0 Å². The molecule has 7 nitrogen and oxygen atoms in total. The van der Waals surface area contributed by atoms with Gasteiger partial charge in [-0.05, 0) is 18.6 Å². The summed E-state index contributed by atoms with van der Waals surface area (Å²) in [5.41, 5.74) is 2.06. The van der Waals surface area contributed by atoms with E-state index in [0.29, 0.717) is 12.4 Å². The van der Waals surface area contributed by atoms with Gasteiger partial charge in [-0.25, -0.2) is 4.79 Å². The molecule has 0 saturated heterocycles. The highest BCUT2D eigenvalue weighted by Gasteiger charge is 2.07. The van der Waals surface area contributed by atoms with E-state index in [0.717, 1.165) is 17.7 Å². The normalized spacial score (nSPS) is 10.4. The summed E-state index contributed by atoms with van der Waals surface area (Å²) < 4.78 is 1.77. The van der Waals surface area contributed by atoms with Crippen molar-refractivity contribution in [3.8, 4) is 0 Å². The van der Waals surface area contributed by atoms with Crippen LogP contribution in [0.15, 0.2) is 18.3 Å². The highest BCUT2D eigenvalue weighted by Crippen LogP contribution is 2.10. The number of aromatic carboxylic acids is 1. The lowest BCUT2D eigenvalue weighted by molar-refractivity contribution is 0.0689. The summed E-state index contributed by atoms with van der Waals surface area (Å²) in [6.07, 6.45) is 2.81. The molecule has 0 aliphatic carbocycles. The van der Waals surface area contributed by atoms with Crippen LogP contribution in [0.2, 0.25) is 0 Å². The monoisotopic (exact) mass is 261 g/mol. The van der Waals surface area contributed by atoms with Crippen molar-refractivity contribution >= 4 is 11.8 Å². The third-order valence-corrected chi connectivity index (χ3v) is 2.67. The molecule has 2 N–H and O–H groups in total. The average Bonchev–Trinajstić information content (AvgIpc) is 2.77. The third kappa shape index (κ3) is 3.06. The van der Waals surface area contributed by atoms with Crippen LogP contribution in [0.25, 0.3) is 0 Å². The number of carboxylic acid groups (broad SMARTS) is 1. The van der Waals surface area contributed by atoms with Gasteiger partial charge in [-0.2, -0.15) is 5.10 Å². The number of rotatable bonds is 5. The zero-order valence-corrected chi connectivity index (χ0v) is 10.8. The first-order chi connectivity index (χ1) is 9.10. The molecular weight excluding hydrogens is 246 g/mol. The molecule has 0 bridgehead atoms. The zero-order chi connectivity index (χ0) is 13.8. The molecule has 2 aromatic heterocycles. The Hall–Kier alpha value is -2.44. The van der Waals surface area contributed by atoms with Crippen LogP contribution < -0.4 is 5.32 Å². The van der Waals surface area contributed by atoms with E-state index in [4.69, 9.17) is 5.11 Å². The van der Waals surface area contributed by atoms with Crippen LogP contribution in [0, 0.1) is 0 Å². The predicted molar refractivity (Wildman–Crippen MR) is 68.9 cm³/mol. The fourth-order valence-electron chi connectivity index (χ4n) is 1.76. The second-order valence-corrected chi connectivity index (χ2v) is 4.09. The Morgan fingerprint density at radius 2 is 2.21 bits per heavy atom. The number of carbonyl (C=O) groups is 1. The molecule has 0 amide bonds. The molecule has 0 fully saturated rings. The molecule has 2 aromatic rings. The second kappa shape index (κ2) is 5.47. The first kappa shape index (κ1) is 13.0. The van der Waals surface area contributed by atoms with Gasteiger partial charge >= 0.3 is 5.97 Å². The lowest BCUT2D eigenvalue weighted by Gasteiger charge is -2.04. The molecule has 0 aliphatic heterocycles. The molecule has 0 aromatic carbocycles. The Bertz CT molecular complexity index is 576. The smallest absolute Gasteiger partial charge is 0.356 e. The molecule has 2 rings (SSSR count). The minimum atomic E-state index is -1.08. The molecule has 100 valence electrons. The maximum atomic E-state index is 10.6. The molecule has 0 saturated carbocycles. The average molecular weight is 261 g/mol. The second-order valence-electron chi connectivity index (χ2n) is 4.09. The Morgan fingerprint density at radius 3 is 2.79 bits per heavy atom. The third-order valence-electron chi connectivity index (χ3n) is 2.67. The molecule has 0 spiro atoms. The van der Waals surface area contributed by atoms with E-state index >= 15 is 0 Å². The van der Waals surface area contributed by atoms with E-state index in [1.54, 1.807) is 10.7 Å². The molecular formula is C12H15N5O2. The summed E-state index contributed by atoms with van der Waals surface area (Å²) in [4.78, 5) is 10.6. The molecule has 0 unspecified atom stereocenters.